The highest BCUT2D eigenvalue weighted by Crippen LogP contribution is 2.28. The number of carboxylic acid groups (broad SMARTS) is 1. The van der Waals surface area contributed by atoms with Crippen LogP contribution in [0, 0.1) is 6.92 Å². The van der Waals surface area contributed by atoms with Crippen LogP contribution in [0.1, 0.15) is 42.5 Å². The average molecular weight is 285 g/mol. The molecule has 0 fully saturated rings. The summed E-state index contributed by atoms with van der Waals surface area (Å²) in [6.07, 6.45) is 0. The van der Waals surface area contributed by atoms with Crippen molar-refractivity contribution in [3.8, 4) is 0 Å². The fourth-order valence-electron chi connectivity index (χ4n) is 2.70. The normalized spacial score (nSPS) is 12.4. The van der Waals surface area contributed by atoms with E-state index in [1.807, 2.05) is 29.8 Å². The zero-order chi connectivity index (χ0) is 15.5. The first-order valence-corrected chi connectivity index (χ1v) is 6.93. The van der Waals surface area contributed by atoms with Gasteiger partial charge in [-0.15, -0.1) is 0 Å². The molecule has 0 spiro atoms. The van der Waals surface area contributed by atoms with Crippen LogP contribution in [0.5, 0.6) is 0 Å². The van der Waals surface area contributed by atoms with E-state index in [2.05, 4.69) is 25.8 Å². The van der Waals surface area contributed by atoms with Crippen molar-refractivity contribution in [3.05, 3.63) is 35.2 Å². The van der Waals surface area contributed by atoms with Gasteiger partial charge >= 0.3 is 5.97 Å². The van der Waals surface area contributed by atoms with Crippen molar-refractivity contribution in [2.24, 2.45) is 7.05 Å². The summed E-state index contributed by atoms with van der Waals surface area (Å²) in [6, 6.07) is 6.05. The van der Waals surface area contributed by atoms with Crippen molar-refractivity contribution >= 4 is 22.8 Å². The van der Waals surface area contributed by atoms with Crippen molar-refractivity contribution in [3.63, 3.8) is 0 Å². The number of carbonyl (C=O) groups is 1. The third kappa shape index (κ3) is 1.84. The Morgan fingerprint density at radius 1 is 1.29 bits per heavy atom. The molecular formula is C16H19N3O2. The minimum atomic E-state index is -0.933. The lowest BCUT2D eigenvalue weighted by Crippen LogP contribution is -2.10. The van der Waals surface area contributed by atoms with Crippen molar-refractivity contribution in [2.45, 2.75) is 33.1 Å². The first-order chi connectivity index (χ1) is 9.71. The number of aryl methyl sites for hydroxylation is 1. The molecule has 21 heavy (non-hydrogen) atoms. The Bertz CT molecular complexity index is 879. The van der Waals surface area contributed by atoms with Gasteiger partial charge in [0.15, 0.2) is 5.69 Å². The molecule has 5 nitrogen and oxygen atoms in total. The van der Waals surface area contributed by atoms with Crippen LogP contribution < -0.4 is 0 Å². The number of benzene rings is 1. The van der Waals surface area contributed by atoms with Gasteiger partial charge in [0.1, 0.15) is 0 Å². The second-order valence-corrected chi connectivity index (χ2v) is 6.50. The highest BCUT2D eigenvalue weighted by atomic mass is 16.4. The van der Waals surface area contributed by atoms with Gasteiger partial charge in [-0.3, -0.25) is 4.40 Å². The lowest BCUT2D eigenvalue weighted by Gasteiger charge is -2.18. The molecule has 1 aromatic carbocycles. The Morgan fingerprint density at radius 3 is 2.52 bits per heavy atom. The molecule has 0 atom stereocenters. The Labute approximate surface area is 122 Å². The predicted octanol–water partition coefficient (Wildman–Crippen LogP) is 3.13. The number of nitrogens with zero attached hydrogens (tertiary/aromatic N) is 3. The van der Waals surface area contributed by atoms with Gasteiger partial charge in [0, 0.05) is 12.7 Å². The van der Waals surface area contributed by atoms with Crippen LogP contribution in [-0.4, -0.2) is 25.0 Å². The molecule has 0 saturated heterocycles. The van der Waals surface area contributed by atoms with Gasteiger partial charge in [0.25, 0.3) is 0 Å². The Balaban J connectivity index is 2.42. The number of aromatic carboxylic acids is 1. The molecule has 0 unspecified atom stereocenters. The minimum Gasteiger partial charge on any atom is -0.477 e. The van der Waals surface area contributed by atoms with Crippen molar-refractivity contribution in [2.75, 3.05) is 0 Å². The van der Waals surface area contributed by atoms with Crippen LogP contribution in [0.2, 0.25) is 0 Å². The fourth-order valence-corrected chi connectivity index (χ4v) is 2.70. The number of fused-ring (bicyclic) bond motifs is 3. The smallest absolute Gasteiger partial charge is 0.354 e. The topological polar surface area (TPSA) is 59.5 Å². The van der Waals surface area contributed by atoms with Gasteiger partial charge in [-0.1, -0.05) is 26.8 Å². The number of hydrogen-bond acceptors (Lipinski definition) is 2. The molecule has 3 aromatic rings. The molecule has 0 bridgehead atoms. The second kappa shape index (κ2) is 4.10. The van der Waals surface area contributed by atoms with Crippen LogP contribution in [0.4, 0.5) is 0 Å². The standard InChI is InChI=1S/C16H19N3O2/c1-9-13(14(20)21)19-12-7-6-10(16(2,3)4)8-11(12)17-15(19)18(9)5/h6-8H,1-5H3,(H,20,21). The highest BCUT2D eigenvalue weighted by molar-refractivity contribution is 5.92. The van der Waals surface area contributed by atoms with Crippen LogP contribution >= 0.6 is 0 Å². The van der Waals surface area contributed by atoms with Crippen molar-refractivity contribution in [1.29, 1.82) is 0 Å². The maximum Gasteiger partial charge on any atom is 0.354 e. The lowest BCUT2D eigenvalue weighted by molar-refractivity contribution is 0.0688. The summed E-state index contributed by atoms with van der Waals surface area (Å²) in [4.78, 5) is 16.2. The van der Waals surface area contributed by atoms with Gasteiger partial charge < -0.3 is 9.67 Å². The summed E-state index contributed by atoms with van der Waals surface area (Å²) in [5.41, 5.74) is 3.86. The third-order valence-corrected chi connectivity index (χ3v) is 4.07. The summed E-state index contributed by atoms with van der Waals surface area (Å²) >= 11 is 0. The van der Waals surface area contributed by atoms with Crippen molar-refractivity contribution in [1.82, 2.24) is 14.0 Å². The van der Waals surface area contributed by atoms with Gasteiger partial charge in [0.05, 0.1) is 11.0 Å². The molecule has 2 aromatic heterocycles. The Morgan fingerprint density at radius 2 is 1.95 bits per heavy atom. The van der Waals surface area contributed by atoms with E-state index in [4.69, 9.17) is 0 Å². The molecule has 0 aliphatic carbocycles. The minimum absolute atomic E-state index is 0.0372. The van der Waals surface area contributed by atoms with E-state index in [-0.39, 0.29) is 11.1 Å². The number of aromatic nitrogens is 3. The molecule has 3 rings (SSSR count). The first kappa shape index (κ1) is 13.7. The molecule has 0 saturated carbocycles. The average Bonchev–Trinajstić information content (AvgIpc) is 2.85. The molecule has 2 heterocycles. The zero-order valence-electron chi connectivity index (χ0n) is 12.9. The maximum atomic E-state index is 11.6. The number of hydrogen-bond donors (Lipinski definition) is 1. The Kier molecular flexibility index (Phi) is 2.67. The van der Waals surface area contributed by atoms with E-state index < -0.39 is 5.97 Å². The van der Waals surface area contributed by atoms with Gasteiger partial charge in [-0.05, 0) is 30.0 Å². The summed E-state index contributed by atoms with van der Waals surface area (Å²) in [5, 5.41) is 9.48. The quantitative estimate of drug-likeness (QED) is 0.747. The number of imidazole rings is 2. The number of rotatable bonds is 1. The van der Waals surface area contributed by atoms with Crippen LogP contribution in [0.15, 0.2) is 18.2 Å². The molecule has 110 valence electrons. The molecular weight excluding hydrogens is 266 g/mol. The Hall–Kier alpha value is -2.30. The highest BCUT2D eigenvalue weighted by Gasteiger charge is 2.22. The van der Waals surface area contributed by atoms with E-state index in [9.17, 15) is 9.90 Å². The second-order valence-electron chi connectivity index (χ2n) is 6.50. The monoisotopic (exact) mass is 285 g/mol. The predicted molar refractivity (Wildman–Crippen MR) is 82.1 cm³/mol. The van der Waals surface area contributed by atoms with Gasteiger partial charge in [-0.25, -0.2) is 9.78 Å². The van der Waals surface area contributed by atoms with Crippen LogP contribution in [0.3, 0.4) is 0 Å². The van der Waals surface area contributed by atoms with Gasteiger partial charge in [0.2, 0.25) is 5.78 Å². The summed E-state index contributed by atoms with van der Waals surface area (Å²) < 4.78 is 3.54. The SMILES string of the molecule is Cc1c(C(=O)O)n2c3ccc(C(C)(C)C)cc3nc2n1C. The van der Waals surface area contributed by atoms with Crippen LogP contribution in [-0.2, 0) is 12.5 Å². The van der Waals surface area contributed by atoms with E-state index in [1.165, 1.54) is 5.56 Å². The fraction of sp³-hybridized carbons (Fsp3) is 0.375. The molecule has 0 aliphatic heterocycles. The van der Waals surface area contributed by atoms with Gasteiger partial charge in [-0.2, -0.15) is 0 Å². The van der Waals surface area contributed by atoms with E-state index >= 15 is 0 Å². The molecule has 0 amide bonds. The van der Waals surface area contributed by atoms with E-state index in [0.29, 0.717) is 11.5 Å². The molecule has 1 N–H and O–H groups in total. The van der Waals surface area contributed by atoms with Crippen molar-refractivity contribution < 1.29 is 9.90 Å². The third-order valence-electron chi connectivity index (χ3n) is 4.07. The lowest BCUT2D eigenvalue weighted by atomic mass is 9.87. The molecule has 5 heteroatoms. The summed E-state index contributed by atoms with van der Waals surface area (Å²) in [7, 11) is 1.84. The van der Waals surface area contributed by atoms with E-state index in [0.717, 1.165) is 11.0 Å². The number of carboxylic acids is 1. The maximum absolute atomic E-state index is 11.6. The van der Waals surface area contributed by atoms with Crippen LogP contribution in [0.25, 0.3) is 16.8 Å². The summed E-state index contributed by atoms with van der Waals surface area (Å²) in [6.45, 7) is 8.25. The zero-order valence-corrected chi connectivity index (χ0v) is 12.9. The molecule has 0 radical (unpaired) electrons. The summed E-state index contributed by atoms with van der Waals surface area (Å²) in [5.74, 6) is -0.275. The van der Waals surface area contributed by atoms with E-state index in [1.54, 1.807) is 11.3 Å². The first-order valence-electron chi connectivity index (χ1n) is 6.93. The molecule has 0 aliphatic rings. The largest absolute Gasteiger partial charge is 0.477 e.